The SMILES string of the molecule is CC(C)(C)N=C1Nc2ccccc2CNC12CCN(C(=O)CN1CCOCC1)C2. The molecule has 0 saturated carbocycles. The Morgan fingerprint density at radius 2 is 1.97 bits per heavy atom. The molecule has 4 rings (SSSR count). The van der Waals surface area contributed by atoms with Crippen molar-refractivity contribution in [1.82, 2.24) is 15.1 Å². The van der Waals surface area contributed by atoms with Crippen LogP contribution in [0.3, 0.4) is 0 Å². The van der Waals surface area contributed by atoms with Gasteiger partial charge in [-0.1, -0.05) is 18.2 Å². The van der Waals surface area contributed by atoms with E-state index in [1.54, 1.807) is 0 Å². The lowest BCUT2D eigenvalue weighted by Crippen LogP contribution is -2.56. The molecule has 1 aromatic carbocycles. The van der Waals surface area contributed by atoms with Gasteiger partial charge in [0.25, 0.3) is 0 Å². The molecule has 1 amide bonds. The standard InChI is InChI=1S/C22H33N5O2/c1-21(2,3)25-20-22(23-14-17-6-4-5-7-18(17)24-20)8-9-27(16-22)19(28)15-26-10-12-29-13-11-26/h4-7,23H,8-16H2,1-3H3,(H,24,25). The minimum Gasteiger partial charge on any atom is -0.379 e. The molecule has 7 heteroatoms. The van der Waals surface area contributed by atoms with Crippen LogP contribution in [0.25, 0.3) is 0 Å². The second-order valence-electron chi connectivity index (χ2n) is 9.30. The summed E-state index contributed by atoms with van der Waals surface area (Å²) in [5.41, 5.74) is 1.77. The number of anilines is 1. The van der Waals surface area contributed by atoms with E-state index < -0.39 is 0 Å². The van der Waals surface area contributed by atoms with Crippen molar-refractivity contribution >= 4 is 17.4 Å². The first-order valence-electron chi connectivity index (χ1n) is 10.6. The molecule has 1 aromatic rings. The van der Waals surface area contributed by atoms with Gasteiger partial charge in [0.15, 0.2) is 0 Å². The summed E-state index contributed by atoms with van der Waals surface area (Å²) in [6.45, 7) is 12.0. The van der Waals surface area contributed by atoms with Crippen LogP contribution >= 0.6 is 0 Å². The van der Waals surface area contributed by atoms with Gasteiger partial charge < -0.3 is 15.0 Å². The summed E-state index contributed by atoms with van der Waals surface area (Å²) in [6.07, 6.45) is 0.859. The molecular weight excluding hydrogens is 366 g/mol. The first-order valence-corrected chi connectivity index (χ1v) is 10.6. The van der Waals surface area contributed by atoms with Gasteiger partial charge in [0.2, 0.25) is 5.91 Å². The number of morpholine rings is 1. The van der Waals surface area contributed by atoms with Gasteiger partial charge in [-0.15, -0.1) is 0 Å². The highest BCUT2D eigenvalue weighted by molar-refractivity contribution is 6.04. The fourth-order valence-corrected chi connectivity index (χ4v) is 4.27. The molecule has 29 heavy (non-hydrogen) atoms. The highest BCUT2D eigenvalue weighted by Crippen LogP contribution is 2.31. The van der Waals surface area contributed by atoms with E-state index in [-0.39, 0.29) is 17.0 Å². The third-order valence-electron chi connectivity index (χ3n) is 5.87. The maximum Gasteiger partial charge on any atom is 0.236 e. The van der Waals surface area contributed by atoms with Crippen molar-refractivity contribution < 1.29 is 9.53 Å². The quantitative estimate of drug-likeness (QED) is 0.792. The number of carbonyl (C=O) groups is 1. The number of benzene rings is 1. The number of amides is 1. The molecule has 0 aromatic heterocycles. The van der Waals surface area contributed by atoms with Crippen molar-refractivity contribution in [2.45, 2.75) is 44.8 Å². The molecule has 1 spiro atoms. The van der Waals surface area contributed by atoms with Crippen LogP contribution in [0.1, 0.15) is 32.8 Å². The predicted octanol–water partition coefficient (Wildman–Crippen LogP) is 1.70. The van der Waals surface area contributed by atoms with E-state index in [1.165, 1.54) is 5.56 Å². The Morgan fingerprint density at radius 3 is 2.72 bits per heavy atom. The van der Waals surface area contributed by atoms with E-state index in [2.05, 4.69) is 54.5 Å². The molecule has 0 aliphatic carbocycles. The number of ether oxygens (including phenoxy) is 1. The van der Waals surface area contributed by atoms with Gasteiger partial charge in [-0.25, -0.2) is 0 Å². The Labute approximate surface area is 173 Å². The van der Waals surface area contributed by atoms with E-state index in [4.69, 9.17) is 9.73 Å². The highest BCUT2D eigenvalue weighted by Gasteiger charge is 2.46. The Balaban J connectivity index is 1.55. The van der Waals surface area contributed by atoms with Gasteiger partial charge in [-0.2, -0.15) is 0 Å². The molecule has 3 aliphatic heterocycles. The monoisotopic (exact) mass is 399 g/mol. The predicted molar refractivity (Wildman–Crippen MR) is 115 cm³/mol. The van der Waals surface area contributed by atoms with Gasteiger partial charge in [-0.3, -0.25) is 20.0 Å². The van der Waals surface area contributed by atoms with Crippen molar-refractivity contribution in [3.8, 4) is 0 Å². The second kappa shape index (κ2) is 8.05. The molecule has 158 valence electrons. The lowest BCUT2D eigenvalue weighted by Gasteiger charge is -2.33. The number of amidine groups is 1. The van der Waals surface area contributed by atoms with Gasteiger partial charge in [0.1, 0.15) is 5.84 Å². The molecule has 3 heterocycles. The second-order valence-corrected chi connectivity index (χ2v) is 9.30. The zero-order valence-corrected chi connectivity index (χ0v) is 17.8. The summed E-state index contributed by atoms with van der Waals surface area (Å²) >= 11 is 0. The number of rotatable bonds is 2. The van der Waals surface area contributed by atoms with Crippen LogP contribution in [0.2, 0.25) is 0 Å². The number of nitrogens with one attached hydrogen (secondary N) is 2. The molecule has 2 fully saturated rings. The fraction of sp³-hybridized carbons (Fsp3) is 0.636. The topological polar surface area (TPSA) is 69.2 Å². The third kappa shape index (κ3) is 4.63. The van der Waals surface area contributed by atoms with Crippen LogP contribution in [0.15, 0.2) is 29.3 Å². The molecule has 1 atom stereocenters. The number of para-hydroxylation sites is 1. The maximum absolute atomic E-state index is 13.0. The summed E-state index contributed by atoms with van der Waals surface area (Å²) in [7, 11) is 0. The number of nitrogens with zero attached hydrogens (tertiary/aromatic N) is 3. The molecular formula is C22H33N5O2. The summed E-state index contributed by atoms with van der Waals surface area (Å²) in [5, 5.41) is 7.37. The molecule has 7 nitrogen and oxygen atoms in total. The molecule has 1 unspecified atom stereocenters. The largest absolute Gasteiger partial charge is 0.379 e. The fourth-order valence-electron chi connectivity index (χ4n) is 4.27. The minimum atomic E-state index is -0.340. The van der Waals surface area contributed by atoms with E-state index in [1.807, 2.05) is 11.0 Å². The number of hydrogen-bond donors (Lipinski definition) is 2. The summed E-state index contributed by atoms with van der Waals surface area (Å²) in [5.74, 6) is 1.14. The lowest BCUT2D eigenvalue weighted by atomic mass is 9.95. The van der Waals surface area contributed by atoms with E-state index >= 15 is 0 Å². The first-order chi connectivity index (χ1) is 13.8. The highest BCUT2D eigenvalue weighted by atomic mass is 16.5. The first kappa shape index (κ1) is 20.3. The normalized spacial score (nSPS) is 27.0. The van der Waals surface area contributed by atoms with E-state index in [0.29, 0.717) is 26.3 Å². The zero-order chi connectivity index (χ0) is 20.5. The van der Waals surface area contributed by atoms with Crippen LogP contribution < -0.4 is 10.6 Å². The summed E-state index contributed by atoms with van der Waals surface area (Å²) in [6, 6.07) is 8.35. The number of fused-ring (bicyclic) bond motifs is 1. The van der Waals surface area contributed by atoms with Crippen molar-refractivity contribution in [3.63, 3.8) is 0 Å². The number of aliphatic imine (C=N–C) groups is 1. The average molecular weight is 400 g/mol. The van der Waals surface area contributed by atoms with Crippen molar-refractivity contribution in [2.24, 2.45) is 4.99 Å². The number of hydrogen-bond acceptors (Lipinski definition) is 5. The van der Waals surface area contributed by atoms with Crippen molar-refractivity contribution in [2.75, 3.05) is 51.3 Å². The smallest absolute Gasteiger partial charge is 0.236 e. The van der Waals surface area contributed by atoms with Crippen LogP contribution in [-0.4, -0.2) is 78.6 Å². The van der Waals surface area contributed by atoms with Gasteiger partial charge in [-0.05, 0) is 38.8 Å². The summed E-state index contributed by atoms with van der Waals surface area (Å²) < 4.78 is 5.40. The zero-order valence-electron chi connectivity index (χ0n) is 17.8. The number of likely N-dealkylation sites (tertiary alicyclic amines) is 1. The van der Waals surface area contributed by atoms with Crippen molar-refractivity contribution in [3.05, 3.63) is 29.8 Å². The molecule has 0 bridgehead atoms. The van der Waals surface area contributed by atoms with E-state index in [0.717, 1.165) is 44.1 Å². The maximum atomic E-state index is 13.0. The summed E-state index contributed by atoms with van der Waals surface area (Å²) in [4.78, 5) is 22.2. The van der Waals surface area contributed by atoms with E-state index in [9.17, 15) is 4.79 Å². The Hall–Kier alpha value is -1.96. The van der Waals surface area contributed by atoms with Gasteiger partial charge in [0.05, 0.1) is 30.8 Å². The third-order valence-corrected chi connectivity index (χ3v) is 5.87. The number of carbonyl (C=O) groups excluding carboxylic acids is 1. The minimum absolute atomic E-state index is 0.197. The Kier molecular flexibility index (Phi) is 5.64. The lowest BCUT2D eigenvalue weighted by molar-refractivity contribution is -0.132. The van der Waals surface area contributed by atoms with Crippen LogP contribution in [0.4, 0.5) is 5.69 Å². The van der Waals surface area contributed by atoms with Crippen LogP contribution in [0, 0.1) is 0 Å². The van der Waals surface area contributed by atoms with Crippen LogP contribution in [-0.2, 0) is 16.1 Å². The molecule has 0 radical (unpaired) electrons. The molecule has 3 aliphatic rings. The van der Waals surface area contributed by atoms with Crippen molar-refractivity contribution in [1.29, 1.82) is 0 Å². The van der Waals surface area contributed by atoms with Gasteiger partial charge in [0, 0.05) is 38.4 Å². The van der Waals surface area contributed by atoms with Crippen LogP contribution in [0.5, 0.6) is 0 Å². The molecule has 2 saturated heterocycles. The average Bonchev–Trinajstić information content (AvgIpc) is 3.06. The van der Waals surface area contributed by atoms with Gasteiger partial charge >= 0.3 is 0 Å². The Bertz CT molecular complexity index is 782. The molecule has 2 N–H and O–H groups in total. The Morgan fingerprint density at radius 1 is 1.21 bits per heavy atom.